The van der Waals surface area contributed by atoms with Gasteiger partial charge in [-0.1, -0.05) is 18.2 Å². The Hall–Kier alpha value is -1.83. The number of carbonyl (C=O) groups excluding carboxylic acids is 1. The summed E-state index contributed by atoms with van der Waals surface area (Å²) in [5.41, 5.74) is 0.435. The van der Waals surface area contributed by atoms with E-state index in [1.807, 2.05) is 30.3 Å². The zero-order valence-electron chi connectivity index (χ0n) is 12.7. The molecule has 7 heteroatoms. The maximum atomic E-state index is 12.0. The molecule has 0 aliphatic carbocycles. The first kappa shape index (κ1) is 17.5. The lowest BCUT2D eigenvalue weighted by Crippen LogP contribution is -2.26. The Balaban J connectivity index is 1.84. The predicted octanol–water partition coefficient (Wildman–Crippen LogP) is 2.12. The third kappa shape index (κ3) is 5.09. The number of nitrogens with one attached hydrogen (secondary N) is 2. The van der Waals surface area contributed by atoms with E-state index in [9.17, 15) is 13.2 Å². The fourth-order valence-electron chi connectivity index (χ4n) is 1.86. The fraction of sp³-hybridized carbons (Fsp3) is 0.188. The first-order valence-electron chi connectivity index (χ1n) is 7.02. The van der Waals surface area contributed by atoms with Crippen LogP contribution in [0, 0.1) is 0 Å². The highest BCUT2D eigenvalue weighted by atomic mass is 32.2. The molecule has 5 nitrogen and oxygen atoms in total. The lowest BCUT2D eigenvalue weighted by atomic mass is 10.2. The Bertz CT molecular complexity index is 745. The molecule has 0 aliphatic rings. The van der Waals surface area contributed by atoms with Gasteiger partial charge in [0.2, 0.25) is 10.0 Å². The van der Waals surface area contributed by atoms with Crippen LogP contribution >= 0.6 is 11.8 Å². The summed E-state index contributed by atoms with van der Waals surface area (Å²) < 4.78 is 25.5. The lowest BCUT2D eigenvalue weighted by molar-refractivity contribution is 0.0956. The van der Waals surface area contributed by atoms with Gasteiger partial charge in [0.25, 0.3) is 5.91 Å². The van der Waals surface area contributed by atoms with Crippen LogP contribution in [0.1, 0.15) is 10.4 Å². The SMILES string of the molecule is CNS(=O)(=O)c1ccc(C(=O)NCCSc2ccccc2)cc1. The van der Waals surface area contributed by atoms with Crippen molar-refractivity contribution in [3.63, 3.8) is 0 Å². The van der Waals surface area contributed by atoms with Crippen LogP contribution < -0.4 is 10.0 Å². The molecule has 0 fully saturated rings. The van der Waals surface area contributed by atoms with Gasteiger partial charge < -0.3 is 5.32 Å². The molecule has 23 heavy (non-hydrogen) atoms. The number of benzene rings is 2. The van der Waals surface area contributed by atoms with Crippen LogP contribution in [0.5, 0.6) is 0 Å². The second-order valence-corrected chi connectivity index (χ2v) is 7.70. The summed E-state index contributed by atoms with van der Waals surface area (Å²) in [7, 11) is -2.13. The van der Waals surface area contributed by atoms with Gasteiger partial charge in [0, 0.05) is 22.8 Å². The van der Waals surface area contributed by atoms with Crippen LogP contribution in [0.4, 0.5) is 0 Å². The molecule has 0 heterocycles. The van der Waals surface area contributed by atoms with Crippen molar-refractivity contribution in [2.45, 2.75) is 9.79 Å². The van der Waals surface area contributed by atoms with E-state index >= 15 is 0 Å². The monoisotopic (exact) mass is 350 g/mol. The van der Waals surface area contributed by atoms with E-state index < -0.39 is 10.0 Å². The number of hydrogen-bond acceptors (Lipinski definition) is 4. The van der Waals surface area contributed by atoms with Crippen LogP contribution in [0.25, 0.3) is 0 Å². The molecule has 0 saturated carbocycles. The van der Waals surface area contributed by atoms with Crippen LogP contribution in [-0.2, 0) is 10.0 Å². The summed E-state index contributed by atoms with van der Waals surface area (Å²) in [6.07, 6.45) is 0. The highest BCUT2D eigenvalue weighted by Gasteiger charge is 2.12. The summed E-state index contributed by atoms with van der Waals surface area (Å²) in [6, 6.07) is 15.8. The summed E-state index contributed by atoms with van der Waals surface area (Å²) in [5.74, 6) is 0.550. The molecular formula is C16H18N2O3S2. The molecule has 0 spiro atoms. The molecule has 0 aromatic heterocycles. The molecule has 2 rings (SSSR count). The standard InChI is InChI=1S/C16H18N2O3S2/c1-17-23(20,21)15-9-7-13(8-10-15)16(19)18-11-12-22-14-5-3-2-4-6-14/h2-10,17H,11-12H2,1H3,(H,18,19). The van der Waals surface area contributed by atoms with Crippen molar-refractivity contribution in [3.8, 4) is 0 Å². The summed E-state index contributed by atoms with van der Waals surface area (Å²) in [6.45, 7) is 0.537. The minimum atomic E-state index is -3.48. The largest absolute Gasteiger partial charge is 0.351 e. The van der Waals surface area contributed by atoms with Gasteiger partial charge in [0.05, 0.1) is 4.90 Å². The van der Waals surface area contributed by atoms with E-state index in [2.05, 4.69) is 10.0 Å². The number of sulfonamides is 1. The molecule has 0 bridgehead atoms. The van der Waals surface area contributed by atoms with Crippen LogP contribution in [-0.4, -0.2) is 33.7 Å². The lowest BCUT2D eigenvalue weighted by Gasteiger charge is -2.07. The highest BCUT2D eigenvalue weighted by molar-refractivity contribution is 7.99. The summed E-state index contributed by atoms with van der Waals surface area (Å²) in [4.78, 5) is 13.3. The molecule has 1 amide bonds. The van der Waals surface area contributed by atoms with E-state index in [1.165, 1.54) is 31.3 Å². The molecule has 0 saturated heterocycles. The average molecular weight is 350 g/mol. The molecule has 0 unspecified atom stereocenters. The van der Waals surface area contributed by atoms with Gasteiger partial charge in [0.15, 0.2) is 0 Å². The van der Waals surface area contributed by atoms with E-state index in [0.717, 1.165) is 10.6 Å². The Morgan fingerprint density at radius 2 is 1.70 bits per heavy atom. The molecular weight excluding hydrogens is 332 g/mol. The summed E-state index contributed by atoms with van der Waals surface area (Å²) in [5, 5.41) is 2.82. The Labute approximate surface area is 140 Å². The number of rotatable bonds is 7. The van der Waals surface area contributed by atoms with Gasteiger partial charge >= 0.3 is 0 Å². The van der Waals surface area contributed by atoms with Gasteiger partial charge in [-0.15, -0.1) is 11.8 Å². The molecule has 2 aromatic carbocycles. The second-order valence-electron chi connectivity index (χ2n) is 4.65. The van der Waals surface area contributed by atoms with E-state index in [-0.39, 0.29) is 10.8 Å². The fourth-order valence-corrected chi connectivity index (χ4v) is 3.38. The quantitative estimate of drug-likeness (QED) is 0.592. The predicted molar refractivity (Wildman–Crippen MR) is 92.2 cm³/mol. The van der Waals surface area contributed by atoms with Crippen LogP contribution in [0.15, 0.2) is 64.4 Å². The van der Waals surface area contributed by atoms with E-state index in [1.54, 1.807) is 11.8 Å². The van der Waals surface area contributed by atoms with Gasteiger partial charge in [-0.3, -0.25) is 4.79 Å². The molecule has 2 aromatic rings. The van der Waals surface area contributed by atoms with Crippen molar-refractivity contribution in [2.75, 3.05) is 19.3 Å². The molecule has 0 radical (unpaired) electrons. The van der Waals surface area contributed by atoms with Gasteiger partial charge in [-0.05, 0) is 43.4 Å². The molecule has 0 aliphatic heterocycles. The third-order valence-electron chi connectivity index (χ3n) is 3.10. The molecule has 122 valence electrons. The van der Waals surface area contributed by atoms with Crippen molar-refractivity contribution in [2.24, 2.45) is 0 Å². The highest BCUT2D eigenvalue weighted by Crippen LogP contribution is 2.16. The van der Waals surface area contributed by atoms with Crippen molar-refractivity contribution >= 4 is 27.7 Å². The van der Waals surface area contributed by atoms with Crippen LogP contribution in [0.3, 0.4) is 0 Å². The van der Waals surface area contributed by atoms with Crippen molar-refractivity contribution in [1.82, 2.24) is 10.0 Å². The first-order chi connectivity index (χ1) is 11.0. The Morgan fingerprint density at radius 3 is 2.30 bits per heavy atom. The van der Waals surface area contributed by atoms with Crippen molar-refractivity contribution < 1.29 is 13.2 Å². The van der Waals surface area contributed by atoms with Gasteiger partial charge in [0.1, 0.15) is 0 Å². The molecule has 0 atom stereocenters. The smallest absolute Gasteiger partial charge is 0.251 e. The van der Waals surface area contributed by atoms with Crippen molar-refractivity contribution in [1.29, 1.82) is 0 Å². The topological polar surface area (TPSA) is 75.3 Å². The number of thioether (sulfide) groups is 1. The molecule has 2 N–H and O–H groups in total. The average Bonchev–Trinajstić information content (AvgIpc) is 2.59. The maximum Gasteiger partial charge on any atom is 0.251 e. The van der Waals surface area contributed by atoms with E-state index in [4.69, 9.17) is 0 Å². The van der Waals surface area contributed by atoms with Crippen molar-refractivity contribution in [3.05, 3.63) is 60.2 Å². The number of hydrogen-bond donors (Lipinski definition) is 2. The second kappa shape index (κ2) is 8.14. The third-order valence-corrected chi connectivity index (χ3v) is 5.54. The first-order valence-corrected chi connectivity index (χ1v) is 9.49. The Kier molecular flexibility index (Phi) is 6.20. The zero-order valence-corrected chi connectivity index (χ0v) is 14.3. The maximum absolute atomic E-state index is 12.0. The number of amides is 1. The van der Waals surface area contributed by atoms with Crippen LogP contribution in [0.2, 0.25) is 0 Å². The normalized spacial score (nSPS) is 11.2. The summed E-state index contributed by atoms with van der Waals surface area (Å²) >= 11 is 1.66. The number of carbonyl (C=O) groups is 1. The zero-order chi connectivity index (χ0) is 16.7. The Morgan fingerprint density at radius 1 is 1.04 bits per heavy atom. The van der Waals surface area contributed by atoms with Gasteiger partial charge in [-0.2, -0.15) is 0 Å². The minimum Gasteiger partial charge on any atom is -0.351 e. The van der Waals surface area contributed by atoms with E-state index in [0.29, 0.717) is 12.1 Å². The van der Waals surface area contributed by atoms with Gasteiger partial charge in [-0.25, -0.2) is 13.1 Å². The minimum absolute atomic E-state index is 0.135.